The highest BCUT2D eigenvalue weighted by molar-refractivity contribution is 5.87. The molecule has 1 atom stereocenters. The van der Waals surface area contributed by atoms with Gasteiger partial charge in [0, 0.05) is 13.1 Å². The Bertz CT molecular complexity index is 788. The summed E-state index contributed by atoms with van der Waals surface area (Å²) in [6.45, 7) is 6.46. The van der Waals surface area contributed by atoms with Crippen LogP contribution in [0.5, 0.6) is 11.5 Å². The molecule has 0 aliphatic heterocycles. The third-order valence-corrected chi connectivity index (χ3v) is 4.61. The number of rotatable bonds is 10. The van der Waals surface area contributed by atoms with Crippen LogP contribution in [0.15, 0.2) is 48.5 Å². The summed E-state index contributed by atoms with van der Waals surface area (Å²) in [5.74, 6) is 0.934. The Morgan fingerprint density at radius 2 is 1.66 bits per heavy atom. The summed E-state index contributed by atoms with van der Waals surface area (Å²) in [6, 6.07) is 14.3. The van der Waals surface area contributed by atoms with Crippen molar-refractivity contribution in [2.45, 2.75) is 39.8 Å². The average Bonchev–Trinajstić information content (AvgIpc) is 2.75. The molecule has 1 unspecified atom stereocenters. The van der Waals surface area contributed by atoms with Crippen molar-refractivity contribution in [3.63, 3.8) is 0 Å². The van der Waals surface area contributed by atoms with Gasteiger partial charge in [-0.15, -0.1) is 0 Å². The summed E-state index contributed by atoms with van der Waals surface area (Å²) < 4.78 is 10.8. The third kappa shape index (κ3) is 6.82. The second-order valence-electron chi connectivity index (χ2n) is 6.94. The molecule has 2 rings (SSSR count). The summed E-state index contributed by atoms with van der Waals surface area (Å²) in [5, 5.41) is 2.86. The molecule has 0 aliphatic rings. The standard InChI is InChI=1S/C23H30N2O4/c1-5-14-24-23(27)18(3)25(15-19-8-12-20(28-4)13-9-19)22(26)16-29-21-10-6-17(2)7-11-21/h6-13,18H,5,14-16H2,1-4H3,(H,24,27). The molecule has 6 nitrogen and oxygen atoms in total. The van der Waals surface area contributed by atoms with E-state index >= 15 is 0 Å². The minimum Gasteiger partial charge on any atom is -0.497 e. The van der Waals surface area contributed by atoms with E-state index in [0.29, 0.717) is 18.8 Å². The van der Waals surface area contributed by atoms with E-state index in [0.717, 1.165) is 23.3 Å². The zero-order chi connectivity index (χ0) is 21.2. The van der Waals surface area contributed by atoms with E-state index in [2.05, 4.69) is 5.32 Å². The van der Waals surface area contributed by atoms with Crippen LogP contribution in [0.1, 0.15) is 31.4 Å². The van der Waals surface area contributed by atoms with Gasteiger partial charge < -0.3 is 19.7 Å². The Balaban J connectivity index is 2.11. The van der Waals surface area contributed by atoms with Crippen LogP contribution in [0.4, 0.5) is 0 Å². The number of hydrogen-bond donors (Lipinski definition) is 1. The second-order valence-corrected chi connectivity index (χ2v) is 6.94. The molecule has 0 heterocycles. The van der Waals surface area contributed by atoms with Crippen LogP contribution in [0.2, 0.25) is 0 Å². The van der Waals surface area contributed by atoms with Gasteiger partial charge in [0.05, 0.1) is 7.11 Å². The van der Waals surface area contributed by atoms with E-state index < -0.39 is 6.04 Å². The van der Waals surface area contributed by atoms with Gasteiger partial charge in [-0.3, -0.25) is 9.59 Å². The summed E-state index contributed by atoms with van der Waals surface area (Å²) in [5.41, 5.74) is 2.02. The number of nitrogens with one attached hydrogen (secondary N) is 1. The molecular weight excluding hydrogens is 368 g/mol. The van der Waals surface area contributed by atoms with Crippen molar-refractivity contribution in [1.29, 1.82) is 0 Å². The molecule has 1 N–H and O–H groups in total. The first-order chi connectivity index (χ1) is 13.9. The van der Waals surface area contributed by atoms with Gasteiger partial charge in [0.15, 0.2) is 6.61 Å². The maximum atomic E-state index is 12.9. The van der Waals surface area contributed by atoms with E-state index in [1.54, 1.807) is 18.9 Å². The minimum atomic E-state index is -0.613. The number of benzene rings is 2. The topological polar surface area (TPSA) is 67.9 Å². The first-order valence-electron chi connectivity index (χ1n) is 9.84. The molecule has 2 amide bonds. The number of carbonyl (C=O) groups excluding carboxylic acids is 2. The third-order valence-electron chi connectivity index (χ3n) is 4.61. The van der Waals surface area contributed by atoms with E-state index in [1.807, 2.05) is 62.4 Å². The van der Waals surface area contributed by atoms with Crippen LogP contribution < -0.4 is 14.8 Å². The number of hydrogen-bond acceptors (Lipinski definition) is 4. The fourth-order valence-corrected chi connectivity index (χ4v) is 2.77. The lowest BCUT2D eigenvalue weighted by molar-refractivity contribution is -0.142. The summed E-state index contributed by atoms with van der Waals surface area (Å²) >= 11 is 0. The quantitative estimate of drug-likeness (QED) is 0.667. The molecule has 29 heavy (non-hydrogen) atoms. The van der Waals surface area contributed by atoms with Crippen LogP contribution in [0, 0.1) is 6.92 Å². The number of nitrogens with zero attached hydrogens (tertiary/aromatic N) is 1. The normalized spacial score (nSPS) is 11.4. The Kier molecular flexibility index (Phi) is 8.52. The van der Waals surface area contributed by atoms with Crippen molar-refractivity contribution in [3.8, 4) is 11.5 Å². The minimum absolute atomic E-state index is 0.134. The van der Waals surface area contributed by atoms with E-state index in [4.69, 9.17) is 9.47 Å². The Morgan fingerprint density at radius 1 is 1.03 bits per heavy atom. The van der Waals surface area contributed by atoms with Gasteiger partial charge in [-0.1, -0.05) is 36.8 Å². The van der Waals surface area contributed by atoms with E-state index in [1.165, 1.54) is 0 Å². The monoisotopic (exact) mass is 398 g/mol. The van der Waals surface area contributed by atoms with Crippen LogP contribution in [0.3, 0.4) is 0 Å². The number of ether oxygens (including phenoxy) is 2. The van der Waals surface area contributed by atoms with Gasteiger partial charge in [0.1, 0.15) is 17.5 Å². The van der Waals surface area contributed by atoms with Gasteiger partial charge in [-0.25, -0.2) is 0 Å². The number of amides is 2. The predicted molar refractivity (Wildman–Crippen MR) is 113 cm³/mol. The maximum Gasteiger partial charge on any atom is 0.261 e. The van der Waals surface area contributed by atoms with Crippen molar-refractivity contribution >= 4 is 11.8 Å². The predicted octanol–water partition coefficient (Wildman–Crippen LogP) is 3.33. The summed E-state index contributed by atoms with van der Waals surface area (Å²) in [4.78, 5) is 27.0. The molecule has 0 aliphatic carbocycles. The van der Waals surface area contributed by atoms with E-state index in [-0.39, 0.29) is 18.4 Å². The molecule has 0 saturated heterocycles. The zero-order valence-electron chi connectivity index (χ0n) is 17.6. The largest absolute Gasteiger partial charge is 0.497 e. The molecule has 0 spiro atoms. The molecular formula is C23H30N2O4. The van der Waals surface area contributed by atoms with Crippen molar-refractivity contribution < 1.29 is 19.1 Å². The molecule has 2 aromatic carbocycles. The van der Waals surface area contributed by atoms with Gasteiger partial charge >= 0.3 is 0 Å². The first-order valence-corrected chi connectivity index (χ1v) is 9.84. The molecule has 0 saturated carbocycles. The molecule has 0 fully saturated rings. The molecule has 2 aromatic rings. The molecule has 156 valence electrons. The van der Waals surface area contributed by atoms with Gasteiger partial charge in [-0.2, -0.15) is 0 Å². The Morgan fingerprint density at radius 3 is 2.24 bits per heavy atom. The Labute approximate surface area is 172 Å². The SMILES string of the molecule is CCCNC(=O)C(C)N(Cc1ccc(OC)cc1)C(=O)COc1ccc(C)cc1. The van der Waals surface area contributed by atoms with Crippen molar-refractivity contribution in [1.82, 2.24) is 10.2 Å². The molecule has 6 heteroatoms. The maximum absolute atomic E-state index is 12.9. The van der Waals surface area contributed by atoms with E-state index in [9.17, 15) is 9.59 Å². The second kappa shape index (κ2) is 11.1. The fraction of sp³-hybridized carbons (Fsp3) is 0.391. The van der Waals surface area contributed by atoms with Crippen molar-refractivity contribution in [3.05, 3.63) is 59.7 Å². The van der Waals surface area contributed by atoms with Gasteiger partial charge in [0.2, 0.25) is 5.91 Å². The summed E-state index contributed by atoms with van der Waals surface area (Å²) in [6.07, 6.45) is 0.835. The summed E-state index contributed by atoms with van der Waals surface area (Å²) in [7, 11) is 1.60. The highest BCUT2D eigenvalue weighted by Gasteiger charge is 2.26. The van der Waals surface area contributed by atoms with Crippen LogP contribution >= 0.6 is 0 Å². The Hall–Kier alpha value is -3.02. The molecule has 0 aromatic heterocycles. The number of methoxy groups -OCH3 is 1. The number of carbonyl (C=O) groups is 2. The zero-order valence-corrected chi connectivity index (χ0v) is 17.6. The highest BCUT2D eigenvalue weighted by Crippen LogP contribution is 2.16. The smallest absolute Gasteiger partial charge is 0.261 e. The first kappa shape index (κ1) is 22.3. The highest BCUT2D eigenvalue weighted by atomic mass is 16.5. The number of aryl methyl sites for hydroxylation is 1. The lowest BCUT2D eigenvalue weighted by Crippen LogP contribution is -2.49. The van der Waals surface area contributed by atoms with Crippen LogP contribution in [0.25, 0.3) is 0 Å². The van der Waals surface area contributed by atoms with Gasteiger partial charge in [-0.05, 0) is 50.1 Å². The van der Waals surface area contributed by atoms with Crippen LogP contribution in [-0.4, -0.2) is 43.0 Å². The van der Waals surface area contributed by atoms with Gasteiger partial charge in [0.25, 0.3) is 5.91 Å². The van der Waals surface area contributed by atoms with Crippen molar-refractivity contribution in [2.24, 2.45) is 0 Å². The van der Waals surface area contributed by atoms with Crippen molar-refractivity contribution in [2.75, 3.05) is 20.3 Å². The average molecular weight is 399 g/mol. The fourth-order valence-electron chi connectivity index (χ4n) is 2.77. The lowest BCUT2D eigenvalue weighted by atomic mass is 10.1. The molecule has 0 bridgehead atoms. The molecule has 0 radical (unpaired) electrons. The van der Waals surface area contributed by atoms with Crippen LogP contribution in [-0.2, 0) is 16.1 Å². The lowest BCUT2D eigenvalue weighted by Gasteiger charge is -2.28.